The maximum Gasteiger partial charge on any atom is 0.332 e. The highest BCUT2D eigenvalue weighted by Gasteiger charge is 2.30. The van der Waals surface area contributed by atoms with Gasteiger partial charge in [0.05, 0.1) is 12.0 Å². The van der Waals surface area contributed by atoms with Crippen LogP contribution in [0.2, 0.25) is 0 Å². The van der Waals surface area contributed by atoms with Crippen molar-refractivity contribution in [2.45, 2.75) is 4.90 Å². The van der Waals surface area contributed by atoms with E-state index in [4.69, 9.17) is 10.4 Å². The summed E-state index contributed by atoms with van der Waals surface area (Å²) in [5.41, 5.74) is -0.986. The summed E-state index contributed by atoms with van der Waals surface area (Å²) in [5.74, 6) is -0.427. The average molecular weight is 257 g/mol. The lowest BCUT2D eigenvalue weighted by atomic mass is 10.2. The number of sulfonamides is 1. The summed E-state index contributed by atoms with van der Waals surface area (Å²) in [6, 6.07) is 3.64. The minimum absolute atomic E-state index is 0.147. The molecule has 17 heavy (non-hydrogen) atoms. The molecule has 0 aliphatic carbocycles. The van der Waals surface area contributed by atoms with Crippen molar-refractivity contribution in [3.8, 4) is 11.8 Å². The molecule has 0 aliphatic rings. The molecule has 8 nitrogen and oxygen atoms in total. The number of primary sulfonamides is 1. The second-order valence-corrected chi connectivity index (χ2v) is 4.44. The highest BCUT2D eigenvalue weighted by Crippen LogP contribution is 2.35. The maximum atomic E-state index is 11.2. The molecule has 0 atom stereocenters. The summed E-state index contributed by atoms with van der Waals surface area (Å²) in [5, 5.41) is 24.4. The number of rotatable bonds is 3. The molecule has 0 unspecified atom stereocenters. The lowest BCUT2D eigenvalue weighted by Crippen LogP contribution is -2.15. The molecule has 0 fully saturated rings. The second-order valence-electron chi connectivity index (χ2n) is 2.91. The number of benzene rings is 1. The molecule has 0 saturated carbocycles. The van der Waals surface area contributed by atoms with Crippen LogP contribution in [0.15, 0.2) is 17.0 Å². The Morgan fingerprint density at radius 2 is 2.12 bits per heavy atom. The first-order valence-electron chi connectivity index (χ1n) is 4.11. The molecular weight excluding hydrogens is 250 g/mol. The van der Waals surface area contributed by atoms with Gasteiger partial charge in [0, 0.05) is 0 Å². The van der Waals surface area contributed by atoms with Crippen LogP contribution in [0.4, 0.5) is 5.69 Å². The van der Waals surface area contributed by atoms with Gasteiger partial charge in [0.2, 0.25) is 15.8 Å². The maximum absolute atomic E-state index is 11.2. The number of hydrogen-bond acceptors (Lipinski definition) is 6. The van der Waals surface area contributed by atoms with Gasteiger partial charge in [-0.15, -0.1) is 0 Å². The van der Waals surface area contributed by atoms with Gasteiger partial charge in [-0.25, -0.2) is 13.6 Å². The molecule has 0 radical (unpaired) electrons. The van der Waals surface area contributed by atoms with Crippen molar-refractivity contribution < 1.29 is 18.1 Å². The van der Waals surface area contributed by atoms with E-state index in [2.05, 4.69) is 4.74 Å². The Labute approximate surface area is 96.4 Å². The van der Waals surface area contributed by atoms with Gasteiger partial charge < -0.3 is 4.74 Å². The van der Waals surface area contributed by atoms with Gasteiger partial charge in [0.1, 0.15) is 11.6 Å². The Morgan fingerprint density at radius 1 is 1.53 bits per heavy atom. The monoisotopic (exact) mass is 257 g/mol. The van der Waals surface area contributed by atoms with E-state index < -0.39 is 31.3 Å². The number of nitro benzene ring substituents is 1. The minimum Gasteiger partial charge on any atom is -0.489 e. The van der Waals surface area contributed by atoms with E-state index in [0.29, 0.717) is 0 Å². The lowest BCUT2D eigenvalue weighted by molar-refractivity contribution is -0.388. The van der Waals surface area contributed by atoms with Gasteiger partial charge >= 0.3 is 5.69 Å². The summed E-state index contributed by atoms with van der Waals surface area (Å²) in [6.45, 7) is 0. The number of ether oxygens (including phenoxy) is 1. The fourth-order valence-corrected chi connectivity index (χ4v) is 1.94. The third-order valence-electron chi connectivity index (χ3n) is 1.91. The van der Waals surface area contributed by atoms with Gasteiger partial charge in [-0.2, -0.15) is 5.26 Å². The van der Waals surface area contributed by atoms with Crippen molar-refractivity contribution in [2.75, 3.05) is 7.11 Å². The lowest BCUT2D eigenvalue weighted by Gasteiger charge is -2.06. The number of hydrogen-bond donors (Lipinski definition) is 1. The van der Waals surface area contributed by atoms with Crippen molar-refractivity contribution in [2.24, 2.45) is 5.14 Å². The summed E-state index contributed by atoms with van der Waals surface area (Å²) < 4.78 is 27.0. The van der Waals surface area contributed by atoms with Crippen LogP contribution in [0, 0.1) is 21.4 Å². The first-order valence-corrected chi connectivity index (χ1v) is 5.65. The van der Waals surface area contributed by atoms with Gasteiger partial charge in [-0.3, -0.25) is 10.1 Å². The van der Waals surface area contributed by atoms with Crippen LogP contribution in [0.3, 0.4) is 0 Å². The second kappa shape index (κ2) is 4.36. The Balaban J connectivity index is 3.80. The van der Waals surface area contributed by atoms with E-state index in [1.807, 2.05) is 0 Å². The molecule has 0 bridgehead atoms. The Bertz CT molecular complexity index is 617. The van der Waals surface area contributed by atoms with Crippen molar-refractivity contribution in [3.05, 3.63) is 27.8 Å². The molecule has 0 amide bonds. The zero-order valence-corrected chi connectivity index (χ0v) is 9.39. The summed E-state index contributed by atoms with van der Waals surface area (Å²) in [6.07, 6.45) is 0. The fourth-order valence-electron chi connectivity index (χ4n) is 1.25. The van der Waals surface area contributed by atoms with Gasteiger partial charge in [0.15, 0.2) is 4.90 Å². The molecule has 1 rings (SSSR count). The molecule has 0 aromatic heterocycles. The third-order valence-corrected chi connectivity index (χ3v) is 2.85. The highest BCUT2D eigenvalue weighted by atomic mass is 32.2. The fraction of sp³-hybridized carbons (Fsp3) is 0.125. The van der Waals surface area contributed by atoms with Crippen LogP contribution in [0.1, 0.15) is 5.56 Å². The molecular formula is C8H7N3O5S. The van der Waals surface area contributed by atoms with Gasteiger partial charge in [-0.05, 0) is 12.1 Å². The SMILES string of the molecule is COc1c(C#N)ccc(S(N)(=O)=O)c1[N+](=O)[O-]. The van der Waals surface area contributed by atoms with Crippen LogP contribution < -0.4 is 9.88 Å². The average Bonchev–Trinajstić information content (AvgIpc) is 2.25. The van der Waals surface area contributed by atoms with E-state index in [1.54, 1.807) is 6.07 Å². The van der Waals surface area contributed by atoms with Crippen LogP contribution in [0.25, 0.3) is 0 Å². The zero-order chi connectivity index (χ0) is 13.2. The molecule has 1 aromatic rings. The Kier molecular flexibility index (Phi) is 3.31. The van der Waals surface area contributed by atoms with Crippen LogP contribution in [-0.2, 0) is 10.0 Å². The smallest absolute Gasteiger partial charge is 0.332 e. The minimum atomic E-state index is -4.27. The van der Waals surface area contributed by atoms with Crippen molar-refractivity contribution >= 4 is 15.7 Å². The molecule has 2 N–H and O–H groups in total. The summed E-state index contributed by atoms with van der Waals surface area (Å²) in [7, 11) is -3.17. The first-order chi connectivity index (χ1) is 7.82. The van der Waals surface area contributed by atoms with Crippen molar-refractivity contribution in [3.63, 3.8) is 0 Å². The third kappa shape index (κ3) is 2.32. The van der Waals surface area contributed by atoms with Crippen LogP contribution >= 0.6 is 0 Å². The molecule has 0 aliphatic heterocycles. The van der Waals surface area contributed by atoms with E-state index in [9.17, 15) is 18.5 Å². The normalized spacial score (nSPS) is 10.6. The van der Waals surface area contributed by atoms with E-state index >= 15 is 0 Å². The van der Waals surface area contributed by atoms with Crippen LogP contribution in [-0.4, -0.2) is 20.5 Å². The Hall–Kier alpha value is -2.18. The molecule has 0 spiro atoms. The van der Waals surface area contributed by atoms with E-state index in [-0.39, 0.29) is 5.56 Å². The molecule has 1 aromatic carbocycles. The number of nitro groups is 1. The topological polar surface area (TPSA) is 136 Å². The van der Waals surface area contributed by atoms with E-state index in [1.165, 1.54) is 0 Å². The molecule has 0 heterocycles. The summed E-state index contributed by atoms with van der Waals surface area (Å²) in [4.78, 5) is 9.16. The number of methoxy groups -OCH3 is 1. The van der Waals surface area contributed by atoms with E-state index in [0.717, 1.165) is 19.2 Å². The molecule has 0 saturated heterocycles. The van der Waals surface area contributed by atoms with Gasteiger partial charge in [0.25, 0.3) is 0 Å². The van der Waals surface area contributed by atoms with Gasteiger partial charge in [-0.1, -0.05) is 0 Å². The van der Waals surface area contributed by atoms with Crippen molar-refractivity contribution in [1.82, 2.24) is 0 Å². The van der Waals surface area contributed by atoms with Crippen LogP contribution in [0.5, 0.6) is 5.75 Å². The largest absolute Gasteiger partial charge is 0.489 e. The molecule has 90 valence electrons. The van der Waals surface area contributed by atoms with Crippen molar-refractivity contribution in [1.29, 1.82) is 5.26 Å². The number of nitrogens with zero attached hydrogens (tertiary/aromatic N) is 2. The first kappa shape index (κ1) is 12.9. The Morgan fingerprint density at radius 3 is 2.47 bits per heavy atom. The number of nitriles is 1. The predicted octanol–water partition coefficient (Wildman–Crippen LogP) is 0.122. The molecule has 9 heteroatoms. The number of nitrogens with two attached hydrogens (primary N) is 1. The highest BCUT2D eigenvalue weighted by molar-refractivity contribution is 7.89. The predicted molar refractivity (Wildman–Crippen MR) is 55.7 cm³/mol. The zero-order valence-electron chi connectivity index (χ0n) is 8.58. The standard InChI is InChI=1S/C8H7N3O5S/c1-16-8-5(4-9)2-3-6(17(10,14)15)7(8)11(12)13/h2-3H,1H3,(H2,10,14,15). The quantitative estimate of drug-likeness (QED) is 0.603. The summed E-state index contributed by atoms with van der Waals surface area (Å²) >= 11 is 0.